The van der Waals surface area contributed by atoms with Crippen molar-refractivity contribution in [3.8, 4) is 0 Å². The van der Waals surface area contributed by atoms with E-state index in [9.17, 15) is 13.2 Å². The van der Waals surface area contributed by atoms with Gasteiger partial charge in [0.25, 0.3) is 0 Å². The molecule has 2 N–H and O–H groups in total. The Bertz CT molecular complexity index is 900. The Hall–Kier alpha value is -1.93. The average molecular weight is 424 g/mol. The Morgan fingerprint density at radius 1 is 1.11 bits per heavy atom. The summed E-state index contributed by atoms with van der Waals surface area (Å²) in [5.74, 6) is -0.304. The second-order valence-corrected chi connectivity index (χ2v) is 8.64. The van der Waals surface area contributed by atoms with Crippen molar-refractivity contribution in [3.05, 3.63) is 59.1 Å². The number of hydrogen-bond acceptors (Lipinski definition) is 4. The molecule has 0 unspecified atom stereocenters. The Balaban J connectivity index is 2.08. The van der Waals surface area contributed by atoms with Crippen molar-refractivity contribution in [2.45, 2.75) is 31.7 Å². The number of carbonyl (C=O) groups excluding carboxylic acids is 1. The van der Waals surface area contributed by atoms with Gasteiger partial charge in [-0.2, -0.15) is 4.31 Å². The van der Waals surface area contributed by atoms with E-state index in [2.05, 4.69) is 10.6 Å². The lowest BCUT2D eigenvalue weighted by Gasteiger charge is -2.19. The minimum Gasteiger partial charge on any atom is -0.324 e. The second kappa shape index (κ2) is 10.0. The molecule has 0 aliphatic carbocycles. The maximum Gasteiger partial charge on any atom is 0.243 e. The zero-order valence-corrected chi connectivity index (χ0v) is 17.8. The van der Waals surface area contributed by atoms with Crippen LogP contribution in [0.4, 0.5) is 5.69 Å². The number of amides is 1. The van der Waals surface area contributed by atoms with Gasteiger partial charge in [0.15, 0.2) is 0 Å². The van der Waals surface area contributed by atoms with Crippen molar-refractivity contribution in [2.24, 2.45) is 0 Å². The predicted molar refractivity (Wildman–Crippen MR) is 113 cm³/mol. The van der Waals surface area contributed by atoms with Crippen molar-refractivity contribution >= 4 is 33.2 Å². The molecule has 6 nitrogen and oxygen atoms in total. The molecule has 0 fully saturated rings. The maximum atomic E-state index is 12.7. The molecule has 28 heavy (non-hydrogen) atoms. The fourth-order valence-corrected chi connectivity index (χ4v) is 4.42. The first-order valence-corrected chi connectivity index (χ1v) is 11.0. The molecule has 0 aromatic heterocycles. The topological polar surface area (TPSA) is 78.5 Å². The largest absolute Gasteiger partial charge is 0.324 e. The molecule has 2 aromatic carbocycles. The van der Waals surface area contributed by atoms with E-state index < -0.39 is 10.0 Å². The molecule has 0 heterocycles. The number of nitrogens with one attached hydrogen (secondary N) is 2. The third-order valence-corrected chi connectivity index (χ3v) is 6.80. The van der Waals surface area contributed by atoms with Crippen LogP contribution < -0.4 is 10.6 Å². The quantitative estimate of drug-likeness (QED) is 0.645. The summed E-state index contributed by atoms with van der Waals surface area (Å²) in [5, 5.41) is 6.11. The van der Waals surface area contributed by atoms with Gasteiger partial charge < -0.3 is 10.6 Å². The van der Waals surface area contributed by atoms with Crippen molar-refractivity contribution in [3.63, 3.8) is 0 Å². The molecule has 0 aliphatic heterocycles. The Labute approximate surface area is 171 Å². The van der Waals surface area contributed by atoms with Gasteiger partial charge in [0.1, 0.15) is 0 Å². The van der Waals surface area contributed by atoms with Crippen LogP contribution >= 0.6 is 11.6 Å². The zero-order chi connectivity index (χ0) is 20.7. The van der Waals surface area contributed by atoms with E-state index in [0.717, 1.165) is 5.56 Å². The molecular weight excluding hydrogens is 398 g/mol. The number of nitrogens with zero attached hydrogens (tertiary/aromatic N) is 1. The van der Waals surface area contributed by atoms with E-state index in [1.54, 1.807) is 13.8 Å². The number of halogens is 1. The first-order chi connectivity index (χ1) is 13.3. The number of rotatable bonds is 9. The lowest BCUT2D eigenvalue weighted by Crippen LogP contribution is -2.31. The highest BCUT2D eigenvalue weighted by Gasteiger charge is 2.22. The predicted octanol–water partition coefficient (Wildman–Crippen LogP) is 3.66. The van der Waals surface area contributed by atoms with Crippen LogP contribution in [0.15, 0.2) is 53.4 Å². The van der Waals surface area contributed by atoms with Gasteiger partial charge in [-0.15, -0.1) is 0 Å². The molecule has 0 aliphatic rings. The van der Waals surface area contributed by atoms with Crippen LogP contribution in [0, 0.1) is 0 Å². The van der Waals surface area contributed by atoms with Crippen LogP contribution in [0.25, 0.3) is 0 Å². The highest BCUT2D eigenvalue weighted by Crippen LogP contribution is 2.27. The van der Waals surface area contributed by atoms with Crippen molar-refractivity contribution < 1.29 is 13.2 Å². The summed E-state index contributed by atoms with van der Waals surface area (Å²) < 4.78 is 26.7. The fourth-order valence-electron chi connectivity index (χ4n) is 2.77. The highest BCUT2D eigenvalue weighted by atomic mass is 35.5. The van der Waals surface area contributed by atoms with Crippen LogP contribution in [0.2, 0.25) is 5.02 Å². The molecule has 2 rings (SSSR count). The zero-order valence-electron chi connectivity index (χ0n) is 16.3. The van der Waals surface area contributed by atoms with Gasteiger partial charge in [-0.05, 0) is 30.7 Å². The van der Waals surface area contributed by atoms with E-state index in [1.165, 1.54) is 22.5 Å². The standard InChI is InChI=1S/C20H26ClN3O3S/c1-4-24(5-2)28(26,27)17-11-12-18(21)19(13-17)23-20(25)14-22-15(3)16-9-7-6-8-10-16/h6-13,15,22H,4-5,14H2,1-3H3,(H,23,25)/t15-/m0/s1. The summed E-state index contributed by atoms with van der Waals surface area (Å²) in [7, 11) is -3.63. The van der Waals surface area contributed by atoms with E-state index >= 15 is 0 Å². The molecular formula is C20H26ClN3O3S. The van der Waals surface area contributed by atoms with Crippen LogP contribution in [0.3, 0.4) is 0 Å². The molecule has 8 heteroatoms. The van der Waals surface area contributed by atoms with Gasteiger partial charge in [0.2, 0.25) is 15.9 Å². The van der Waals surface area contributed by atoms with E-state index in [1.807, 2.05) is 37.3 Å². The van der Waals surface area contributed by atoms with Crippen molar-refractivity contribution in [1.29, 1.82) is 0 Å². The van der Waals surface area contributed by atoms with Gasteiger partial charge in [0.05, 0.1) is 22.2 Å². The summed E-state index contributed by atoms with van der Waals surface area (Å²) in [6.07, 6.45) is 0. The van der Waals surface area contributed by atoms with Crippen LogP contribution in [0.1, 0.15) is 32.4 Å². The van der Waals surface area contributed by atoms with E-state index in [-0.39, 0.29) is 34.1 Å². The van der Waals surface area contributed by atoms with Gasteiger partial charge in [0, 0.05) is 19.1 Å². The SMILES string of the molecule is CCN(CC)S(=O)(=O)c1ccc(Cl)c(NC(=O)CN[C@@H](C)c2ccccc2)c1. The molecule has 152 valence electrons. The van der Waals surface area contributed by atoms with Gasteiger partial charge in [-0.1, -0.05) is 55.8 Å². The van der Waals surface area contributed by atoms with E-state index in [4.69, 9.17) is 11.6 Å². The first-order valence-electron chi connectivity index (χ1n) is 9.17. The van der Waals surface area contributed by atoms with Crippen molar-refractivity contribution in [2.75, 3.05) is 25.0 Å². The molecule has 0 bridgehead atoms. The summed E-state index contributed by atoms with van der Waals surface area (Å²) >= 11 is 6.15. The molecule has 0 saturated heterocycles. The smallest absolute Gasteiger partial charge is 0.243 e. The van der Waals surface area contributed by atoms with E-state index in [0.29, 0.717) is 13.1 Å². The molecule has 0 spiro atoms. The summed E-state index contributed by atoms with van der Waals surface area (Å²) in [5.41, 5.74) is 1.34. The Morgan fingerprint density at radius 3 is 2.36 bits per heavy atom. The summed E-state index contributed by atoms with van der Waals surface area (Å²) in [6.45, 7) is 6.32. The molecule has 0 saturated carbocycles. The lowest BCUT2D eigenvalue weighted by molar-refractivity contribution is -0.115. The third-order valence-electron chi connectivity index (χ3n) is 4.42. The third kappa shape index (κ3) is 5.54. The normalized spacial score (nSPS) is 12.8. The monoisotopic (exact) mass is 423 g/mol. The Kier molecular flexibility index (Phi) is 8.00. The number of carbonyl (C=O) groups is 1. The minimum absolute atomic E-state index is 0.00296. The minimum atomic E-state index is -3.63. The molecule has 1 amide bonds. The first kappa shape index (κ1) is 22.4. The summed E-state index contributed by atoms with van der Waals surface area (Å²) in [6, 6.07) is 14.1. The fraction of sp³-hybridized carbons (Fsp3) is 0.350. The van der Waals surface area contributed by atoms with Crippen LogP contribution in [-0.4, -0.2) is 38.3 Å². The second-order valence-electron chi connectivity index (χ2n) is 6.29. The van der Waals surface area contributed by atoms with Crippen LogP contribution in [-0.2, 0) is 14.8 Å². The van der Waals surface area contributed by atoms with Gasteiger partial charge in [-0.25, -0.2) is 8.42 Å². The molecule has 2 aromatic rings. The van der Waals surface area contributed by atoms with Gasteiger partial charge >= 0.3 is 0 Å². The average Bonchev–Trinajstić information content (AvgIpc) is 2.69. The maximum absolute atomic E-state index is 12.7. The van der Waals surface area contributed by atoms with Crippen molar-refractivity contribution in [1.82, 2.24) is 9.62 Å². The number of anilines is 1. The number of hydrogen-bond donors (Lipinski definition) is 2. The summed E-state index contributed by atoms with van der Waals surface area (Å²) in [4.78, 5) is 12.4. The lowest BCUT2D eigenvalue weighted by atomic mass is 10.1. The molecule has 0 radical (unpaired) electrons. The number of benzene rings is 2. The number of sulfonamides is 1. The highest BCUT2D eigenvalue weighted by molar-refractivity contribution is 7.89. The van der Waals surface area contributed by atoms with Crippen LogP contribution in [0.5, 0.6) is 0 Å². The Morgan fingerprint density at radius 2 is 1.75 bits per heavy atom. The molecule has 1 atom stereocenters. The van der Waals surface area contributed by atoms with Gasteiger partial charge in [-0.3, -0.25) is 4.79 Å².